The predicted molar refractivity (Wildman–Crippen MR) is 74.1 cm³/mol. The molecular formula is C14H17N3O2. The molecule has 1 aliphatic heterocycles. The molecule has 2 aromatic rings. The molecule has 5 nitrogen and oxygen atoms in total. The summed E-state index contributed by atoms with van der Waals surface area (Å²) in [4.78, 5) is 17.4. The Bertz CT molecular complexity index is 598. The molecule has 1 aromatic carbocycles. The van der Waals surface area contributed by atoms with Crippen LogP contribution < -0.4 is 5.73 Å². The lowest BCUT2D eigenvalue weighted by molar-refractivity contribution is 0.0736. The second-order valence-corrected chi connectivity index (χ2v) is 4.75. The molecule has 0 radical (unpaired) electrons. The Morgan fingerprint density at radius 1 is 1.32 bits per heavy atom. The molecule has 0 bridgehead atoms. The van der Waals surface area contributed by atoms with Crippen LogP contribution in [0.4, 0.5) is 5.69 Å². The zero-order valence-electron chi connectivity index (χ0n) is 10.7. The smallest absolute Gasteiger partial charge is 0.270 e. The molecule has 1 aliphatic rings. The molecule has 1 aromatic heterocycles. The van der Waals surface area contributed by atoms with Crippen molar-refractivity contribution in [2.75, 3.05) is 32.0 Å². The van der Waals surface area contributed by atoms with Gasteiger partial charge in [-0.15, -0.1) is 0 Å². The van der Waals surface area contributed by atoms with Gasteiger partial charge in [0.05, 0.1) is 17.8 Å². The van der Waals surface area contributed by atoms with Gasteiger partial charge in [-0.2, -0.15) is 0 Å². The van der Waals surface area contributed by atoms with Gasteiger partial charge in [-0.25, -0.2) is 0 Å². The SMILES string of the molecule is Nc1cccc2cc(C(=O)N3CCCOCC3)[nH]c12. The summed E-state index contributed by atoms with van der Waals surface area (Å²) >= 11 is 0. The van der Waals surface area contributed by atoms with Gasteiger partial charge in [-0.05, 0) is 18.6 Å². The number of nitrogens with zero attached hydrogens (tertiary/aromatic N) is 1. The number of aromatic nitrogens is 1. The summed E-state index contributed by atoms with van der Waals surface area (Å²) < 4.78 is 5.36. The van der Waals surface area contributed by atoms with Crippen molar-refractivity contribution < 1.29 is 9.53 Å². The van der Waals surface area contributed by atoms with Gasteiger partial charge in [0, 0.05) is 25.1 Å². The number of para-hydroxylation sites is 1. The molecule has 5 heteroatoms. The summed E-state index contributed by atoms with van der Waals surface area (Å²) in [5, 5.41) is 0.967. The topological polar surface area (TPSA) is 71.3 Å². The molecule has 3 rings (SSSR count). The van der Waals surface area contributed by atoms with Gasteiger partial charge in [-0.1, -0.05) is 12.1 Å². The normalized spacial score (nSPS) is 16.5. The molecule has 100 valence electrons. The van der Waals surface area contributed by atoms with E-state index in [1.165, 1.54) is 0 Å². The van der Waals surface area contributed by atoms with E-state index in [4.69, 9.17) is 10.5 Å². The van der Waals surface area contributed by atoms with Crippen molar-refractivity contribution in [3.05, 3.63) is 30.0 Å². The second-order valence-electron chi connectivity index (χ2n) is 4.75. The first-order valence-electron chi connectivity index (χ1n) is 6.50. The fourth-order valence-electron chi connectivity index (χ4n) is 2.41. The number of rotatable bonds is 1. The third-order valence-electron chi connectivity index (χ3n) is 3.43. The van der Waals surface area contributed by atoms with Gasteiger partial charge in [0.25, 0.3) is 5.91 Å². The van der Waals surface area contributed by atoms with Crippen molar-refractivity contribution in [1.82, 2.24) is 9.88 Å². The van der Waals surface area contributed by atoms with Crippen LogP contribution >= 0.6 is 0 Å². The zero-order chi connectivity index (χ0) is 13.2. The number of nitrogen functional groups attached to an aromatic ring is 1. The van der Waals surface area contributed by atoms with E-state index < -0.39 is 0 Å². The number of carbonyl (C=O) groups is 1. The number of fused-ring (bicyclic) bond motifs is 1. The van der Waals surface area contributed by atoms with E-state index in [1.54, 1.807) is 0 Å². The third-order valence-corrected chi connectivity index (χ3v) is 3.43. The van der Waals surface area contributed by atoms with Crippen LogP contribution in [-0.4, -0.2) is 42.1 Å². The summed E-state index contributed by atoms with van der Waals surface area (Å²) in [6.07, 6.45) is 0.883. The van der Waals surface area contributed by atoms with Gasteiger partial charge in [0.1, 0.15) is 5.69 Å². The van der Waals surface area contributed by atoms with Crippen molar-refractivity contribution in [2.24, 2.45) is 0 Å². The Morgan fingerprint density at radius 3 is 3.05 bits per heavy atom. The van der Waals surface area contributed by atoms with Gasteiger partial charge < -0.3 is 20.4 Å². The van der Waals surface area contributed by atoms with Crippen LogP contribution in [-0.2, 0) is 4.74 Å². The van der Waals surface area contributed by atoms with Gasteiger partial charge in [0.15, 0.2) is 0 Å². The number of anilines is 1. The number of aromatic amines is 1. The number of nitrogens with one attached hydrogen (secondary N) is 1. The largest absolute Gasteiger partial charge is 0.397 e. The fraction of sp³-hybridized carbons (Fsp3) is 0.357. The summed E-state index contributed by atoms with van der Waals surface area (Å²) in [6, 6.07) is 7.52. The Morgan fingerprint density at radius 2 is 2.21 bits per heavy atom. The molecule has 1 saturated heterocycles. The lowest BCUT2D eigenvalue weighted by Gasteiger charge is -2.18. The molecule has 2 heterocycles. The summed E-state index contributed by atoms with van der Waals surface area (Å²) in [5.74, 6) is 0.0149. The highest BCUT2D eigenvalue weighted by Gasteiger charge is 2.19. The maximum absolute atomic E-state index is 12.4. The minimum absolute atomic E-state index is 0.0149. The maximum Gasteiger partial charge on any atom is 0.270 e. The second kappa shape index (κ2) is 4.93. The molecule has 0 aliphatic carbocycles. The van der Waals surface area contributed by atoms with E-state index in [0.717, 1.165) is 30.5 Å². The Labute approximate surface area is 111 Å². The van der Waals surface area contributed by atoms with Gasteiger partial charge >= 0.3 is 0 Å². The van der Waals surface area contributed by atoms with Crippen LogP contribution in [0, 0.1) is 0 Å². The van der Waals surface area contributed by atoms with Crippen LogP contribution in [0.3, 0.4) is 0 Å². The van der Waals surface area contributed by atoms with Crippen molar-refractivity contribution >= 4 is 22.5 Å². The van der Waals surface area contributed by atoms with Gasteiger partial charge in [-0.3, -0.25) is 4.79 Å². The lowest BCUT2D eigenvalue weighted by Crippen LogP contribution is -2.33. The Kier molecular flexibility index (Phi) is 3.13. The van der Waals surface area contributed by atoms with Crippen molar-refractivity contribution in [2.45, 2.75) is 6.42 Å². The van der Waals surface area contributed by atoms with Crippen LogP contribution in [0.25, 0.3) is 10.9 Å². The van der Waals surface area contributed by atoms with E-state index in [1.807, 2.05) is 29.2 Å². The van der Waals surface area contributed by atoms with Crippen molar-refractivity contribution in [3.8, 4) is 0 Å². The monoisotopic (exact) mass is 259 g/mol. The molecule has 19 heavy (non-hydrogen) atoms. The van der Waals surface area contributed by atoms with Crippen LogP contribution in [0.15, 0.2) is 24.3 Å². The fourth-order valence-corrected chi connectivity index (χ4v) is 2.41. The number of carbonyl (C=O) groups excluding carboxylic acids is 1. The minimum atomic E-state index is 0.0149. The Hall–Kier alpha value is -2.01. The highest BCUT2D eigenvalue weighted by molar-refractivity contribution is 6.00. The summed E-state index contributed by atoms with van der Waals surface area (Å²) in [6.45, 7) is 2.71. The molecule has 0 spiro atoms. The van der Waals surface area contributed by atoms with Crippen LogP contribution in [0.2, 0.25) is 0 Å². The first-order chi connectivity index (χ1) is 9.25. The third kappa shape index (κ3) is 2.29. The number of amides is 1. The molecular weight excluding hydrogens is 242 g/mol. The molecule has 3 N–H and O–H groups in total. The summed E-state index contributed by atoms with van der Waals surface area (Å²) in [5.41, 5.74) is 7.98. The highest BCUT2D eigenvalue weighted by Crippen LogP contribution is 2.22. The first-order valence-corrected chi connectivity index (χ1v) is 6.50. The number of hydrogen-bond donors (Lipinski definition) is 2. The van der Waals surface area contributed by atoms with Gasteiger partial charge in [0.2, 0.25) is 0 Å². The number of benzene rings is 1. The molecule has 0 saturated carbocycles. The standard InChI is InChI=1S/C14H17N3O2/c15-11-4-1-3-10-9-12(16-13(10)11)14(18)17-5-2-7-19-8-6-17/h1,3-4,9,16H,2,5-8,15H2. The first kappa shape index (κ1) is 12.0. The van der Waals surface area contributed by atoms with Crippen LogP contribution in [0.5, 0.6) is 0 Å². The summed E-state index contributed by atoms with van der Waals surface area (Å²) in [7, 11) is 0. The molecule has 0 unspecified atom stereocenters. The predicted octanol–water partition coefficient (Wildman–Crippen LogP) is 1.61. The van der Waals surface area contributed by atoms with Crippen molar-refractivity contribution in [3.63, 3.8) is 0 Å². The molecule has 0 atom stereocenters. The lowest BCUT2D eigenvalue weighted by atomic mass is 10.2. The minimum Gasteiger partial charge on any atom is -0.397 e. The number of H-pyrrole nitrogens is 1. The Balaban J connectivity index is 1.90. The number of ether oxygens (including phenoxy) is 1. The molecule has 1 fully saturated rings. The average molecular weight is 259 g/mol. The van der Waals surface area contributed by atoms with E-state index in [2.05, 4.69) is 4.98 Å². The van der Waals surface area contributed by atoms with Crippen molar-refractivity contribution in [1.29, 1.82) is 0 Å². The van der Waals surface area contributed by atoms with E-state index in [0.29, 0.717) is 24.5 Å². The van der Waals surface area contributed by atoms with E-state index in [9.17, 15) is 4.79 Å². The maximum atomic E-state index is 12.4. The van der Waals surface area contributed by atoms with E-state index >= 15 is 0 Å². The zero-order valence-corrected chi connectivity index (χ0v) is 10.7. The highest BCUT2D eigenvalue weighted by atomic mass is 16.5. The van der Waals surface area contributed by atoms with Crippen LogP contribution in [0.1, 0.15) is 16.9 Å². The quantitative estimate of drug-likeness (QED) is 0.764. The average Bonchev–Trinajstić information content (AvgIpc) is 2.67. The molecule has 1 amide bonds. The number of hydrogen-bond acceptors (Lipinski definition) is 3. The number of nitrogens with two attached hydrogens (primary N) is 1. The van der Waals surface area contributed by atoms with E-state index in [-0.39, 0.29) is 5.91 Å².